The molecule has 0 saturated carbocycles. The smallest absolute Gasteiger partial charge is 0.181 e. The summed E-state index contributed by atoms with van der Waals surface area (Å²) in [5.74, 6) is 1.14. The zero-order valence-electron chi connectivity index (χ0n) is 9.78. The van der Waals surface area contributed by atoms with E-state index in [0.717, 1.165) is 31.0 Å². The van der Waals surface area contributed by atoms with E-state index in [2.05, 4.69) is 25.8 Å². The molecule has 1 unspecified atom stereocenters. The Labute approximate surface area is 104 Å². The maximum Gasteiger partial charge on any atom is 0.181 e. The van der Waals surface area contributed by atoms with E-state index in [9.17, 15) is 4.39 Å². The molecule has 1 aromatic heterocycles. The van der Waals surface area contributed by atoms with Gasteiger partial charge in [-0.15, -0.1) is 0 Å². The van der Waals surface area contributed by atoms with Crippen molar-refractivity contribution in [1.29, 1.82) is 0 Å². The molecule has 3 rings (SSSR count). The second-order valence-corrected chi connectivity index (χ2v) is 4.26. The third kappa shape index (κ3) is 2.25. The summed E-state index contributed by atoms with van der Waals surface area (Å²) in [6.45, 7) is 2.71. The van der Waals surface area contributed by atoms with Crippen LogP contribution in [-0.4, -0.2) is 34.8 Å². The first-order valence-electron chi connectivity index (χ1n) is 5.95. The molecule has 0 aliphatic carbocycles. The first kappa shape index (κ1) is 11.3. The van der Waals surface area contributed by atoms with Crippen molar-refractivity contribution in [2.45, 2.75) is 6.04 Å². The number of aromatic nitrogens is 3. The van der Waals surface area contributed by atoms with Gasteiger partial charge in [0.1, 0.15) is 11.6 Å². The van der Waals surface area contributed by atoms with Crippen molar-refractivity contribution in [2.24, 2.45) is 0 Å². The molecule has 3 N–H and O–H groups in total. The van der Waals surface area contributed by atoms with Gasteiger partial charge in [0.2, 0.25) is 0 Å². The van der Waals surface area contributed by atoms with Crippen molar-refractivity contribution < 1.29 is 4.39 Å². The van der Waals surface area contributed by atoms with Crippen molar-refractivity contribution in [3.63, 3.8) is 0 Å². The largest absolute Gasteiger partial charge is 0.313 e. The predicted molar refractivity (Wildman–Crippen MR) is 65.4 cm³/mol. The first-order chi connectivity index (χ1) is 8.83. The summed E-state index contributed by atoms with van der Waals surface area (Å²) in [7, 11) is 0. The highest BCUT2D eigenvalue weighted by atomic mass is 19.1. The third-order valence-electron chi connectivity index (χ3n) is 2.98. The highest BCUT2D eigenvalue weighted by molar-refractivity contribution is 5.54. The number of piperazine rings is 1. The van der Waals surface area contributed by atoms with Gasteiger partial charge in [-0.3, -0.25) is 5.10 Å². The van der Waals surface area contributed by atoms with Crippen LogP contribution >= 0.6 is 0 Å². The lowest BCUT2D eigenvalue weighted by Crippen LogP contribution is -2.43. The number of hydrogen-bond acceptors (Lipinski definition) is 4. The first-order valence-corrected chi connectivity index (χ1v) is 5.95. The Morgan fingerprint density at radius 3 is 2.72 bits per heavy atom. The molecule has 1 aliphatic heterocycles. The van der Waals surface area contributed by atoms with Gasteiger partial charge in [0.25, 0.3) is 0 Å². The number of benzene rings is 1. The summed E-state index contributed by atoms with van der Waals surface area (Å²) in [6, 6.07) is 6.32. The third-order valence-corrected chi connectivity index (χ3v) is 2.98. The zero-order chi connectivity index (χ0) is 12.4. The minimum Gasteiger partial charge on any atom is -0.313 e. The van der Waals surface area contributed by atoms with E-state index in [1.54, 1.807) is 12.1 Å². The number of hydrogen-bond donors (Lipinski definition) is 3. The molecule has 94 valence electrons. The lowest BCUT2D eigenvalue weighted by Gasteiger charge is -2.22. The Morgan fingerprint density at radius 2 is 2.00 bits per heavy atom. The lowest BCUT2D eigenvalue weighted by atomic mass is 10.2. The second-order valence-electron chi connectivity index (χ2n) is 4.26. The van der Waals surface area contributed by atoms with Crippen molar-refractivity contribution >= 4 is 0 Å². The van der Waals surface area contributed by atoms with E-state index in [-0.39, 0.29) is 11.9 Å². The van der Waals surface area contributed by atoms with Crippen LogP contribution < -0.4 is 10.6 Å². The summed E-state index contributed by atoms with van der Waals surface area (Å²) in [5, 5.41) is 13.7. The van der Waals surface area contributed by atoms with Crippen LogP contribution in [0.1, 0.15) is 11.9 Å². The summed E-state index contributed by atoms with van der Waals surface area (Å²) >= 11 is 0. The number of rotatable bonds is 2. The molecule has 0 spiro atoms. The Bertz CT molecular complexity index is 516. The van der Waals surface area contributed by atoms with Crippen molar-refractivity contribution in [3.05, 3.63) is 35.9 Å². The van der Waals surface area contributed by atoms with Gasteiger partial charge in [-0.05, 0) is 24.3 Å². The molecule has 18 heavy (non-hydrogen) atoms. The Hall–Kier alpha value is -1.79. The molecule has 6 heteroatoms. The maximum absolute atomic E-state index is 12.8. The number of aromatic amines is 1. The fraction of sp³-hybridized carbons (Fsp3) is 0.333. The molecule has 0 amide bonds. The summed E-state index contributed by atoms with van der Waals surface area (Å²) in [6.07, 6.45) is 0. The maximum atomic E-state index is 12.8. The van der Waals surface area contributed by atoms with Gasteiger partial charge in [0, 0.05) is 25.2 Å². The van der Waals surface area contributed by atoms with Crippen LogP contribution in [0.5, 0.6) is 0 Å². The van der Waals surface area contributed by atoms with Crippen LogP contribution in [0.2, 0.25) is 0 Å². The highest BCUT2D eigenvalue weighted by Gasteiger charge is 2.18. The van der Waals surface area contributed by atoms with E-state index >= 15 is 0 Å². The minimum absolute atomic E-state index is 0.153. The fourth-order valence-corrected chi connectivity index (χ4v) is 2.00. The molecular formula is C12H14FN5. The van der Waals surface area contributed by atoms with Crippen molar-refractivity contribution in [1.82, 2.24) is 25.8 Å². The molecule has 2 aromatic rings. The van der Waals surface area contributed by atoms with Gasteiger partial charge in [0.15, 0.2) is 5.82 Å². The average Bonchev–Trinajstić information content (AvgIpc) is 2.90. The van der Waals surface area contributed by atoms with Crippen LogP contribution in [0, 0.1) is 5.82 Å². The van der Waals surface area contributed by atoms with Crippen LogP contribution in [0.15, 0.2) is 24.3 Å². The van der Waals surface area contributed by atoms with Gasteiger partial charge >= 0.3 is 0 Å². The Kier molecular flexibility index (Phi) is 3.04. The molecule has 0 radical (unpaired) electrons. The molecule has 1 fully saturated rings. The predicted octanol–water partition coefficient (Wildman–Crippen LogP) is 0.845. The average molecular weight is 247 g/mol. The minimum atomic E-state index is -0.257. The van der Waals surface area contributed by atoms with Gasteiger partial charge in [-0.25, -0.2) is 9.37 Å². The topological polar surface area (TPSA) is 65.6 Å². The van der Waals surface area contributed by atoms with Crippen molar-refractivity contribution in [2.75, 3.05) is 19.6 Å². The molecule has 1 saturated heterocycles. The molecular weight excluding hydrogens is 233 g/mol. The number of nitrogens with one attached hydrogen (secondary N) is 3. The van der Waals surface area contributed by atoms with Gasteiger partial charge < -0.3 is 10.6 Å². The monoisotopic (exact) mass is 247 g/mol. The van der Waals surface area contributed by atoms with Gasteiger partial charge in [0.05, 0.1) is 6.04 Å². The van der Waals surface area contributed by atoms with Gasteiger partial charge in [-0.2, -0.15) is 5.10 Å². The van der Waals surface area contributed by atoms with E-state index < -0.39 is 0 Å². The summed E-state index contributed by atoms with van der Waals surface area (Å²) in [5.41, 5.74) is 0.808. The zero-order valence-corrected chi connectivity index (χ0v) is 9.78. The summed E-state index contributed by atoms with van der Waals surface area (Å²) < 4.78 is 12.8. The quantitative estimate of drug-likeness (QED) is 0.736. The number of halogens is 1. The molecule has 1 aromatic carbocycles. The second kappa shape index (κ2) is 4.83. The molecule has 1 aliphatic rings. The molecule has 5 nitrogen and oxygen atoms in total. The van der Waals surface area contributed by atoms with Crippen LogP contribution in [0.4, 0.5) is 4.39 Å². The highest BCUT2D eigenvalue weighted by Crippen LogP contribution is 2.17. The molecule has 0 bridgehead atoms. The molecule has 1 atom stereocenters. The van der Waals surface area contributed by atoms with Crippen LogP contribution in [0.3, 0.4) is 0 Å². The SMILES string of the molecule is Fc1ccc(-c2n[nH]c(C3CNCCN3)n2)cc1. The van der Waals surface area contributed by atoms with Crippen molar-refractivity contribution in [3.8, 4) is 11.4 Å². The molecule has 2 heterocycles. The van der Waals surface area contributed by atoms with E-state index in [1.807, 2.05) is 0 Å². The number of nitrogens with zero attached hydrogens (tertiary/aromatic N) is 2. The van der Waals surface area contributed by atoms with Crippen LogP contribution in [-0.2, 0) is 0 Å². The van der Waals surface area contributed by atoms with E-state index in [0.29, 0.717) is 5.82 Å². The normalized spacial score (nSPS) is 19.9. The van der Waals surface area contributed by atoms with E-state index in [4.69, 9.17) is 0 Å². The van der Waals surface area contributed by atoms with E-state index in [1.165, 1.54) is 12.1 Å². The lowest BCUT2D eigenvalue weighted by molar-refractivity contribution is 0.416. The Balaban J connectivity index is 1.82. The Morgan fingerprint density at radius 1 is 1.17 bits per heavy atom. The van der Waals surface area contributed by atoms with Gasteiger partial charge in [-0.1, -0.05) is 0 Å². The standard InChI is InChI=1S/C12H14FN5/c13-9-3-1-8(2-4-9)11-16-12(18-17-11)10-7-14-5-6-15-10/h1-4,10,14-15H,5-7H2,(H,16,17,18). The fourth-order valence-electron chi connectivity index (χ4n) is 2.00. The number of H-pyrrole nitrogens is 1. The van der Waals surface area contributed by atoms with Crippen LogP contribution in [0.25, 0.3) is 11.4 Å². The summed E-state index contributed by atoms with van der Waals surface area (Å²) in [4.78, 5) is 4.44.